The smallest absolute Gasteiger partial charge is 0.251 e. The Labute approximate surface area is 162 Å². The van der Waals surface area contributed by atoms with Gasteiger partial charge in [0.25, 0.3) is 5.91 Å². The molecule has 2 heterocycles. The molecule has 0 bridgehead atoms. The number of piperidine rings is 1. The van der Waals surface area contributed by atoms with Crippen molar-refractivity contribution in [1.29, 1.82) is 0 Å². The van der Waals surface area contributed by atoms with Gasteiger partial charge < -0.3 is 15.2 Å². The molecule has 0 spiro atoms. The van der Waals surface area contributed by atoms with Gasteiger partial charge in [-0.05, 0) is 55.1 Å². The Bertz CT molecular complexity index is 964. The predicted octanol–water partition coefficient (Wildman–Crippen LogP) is 3.88. The summed E-state index contributed by atoms with van der Waals surface area (Å²) in [6.07, 6.45) is 2.29. The van der Waals surface area contributed by atoms with Gasteiger partial charge in [0.2, 0.25) is 0 Å². The van der Waals surface area contributed by atoms with Crippen LogP contribution in [0.2, 0.25) is 0 Å². The minimum absolute atomic E-state index is 0.158. The van der Waals surface area contributed by atoms with Gasteiger partial charge in [0.05, 0.1) is 6.54 Å². The quantitative estimate of drug-likeness (QED) is 0.706. The first-order valence-corrected chi connectivity index (χ1v) is 9.49. The van der Waals surface area contributed by atoms with Gasteiger partial charge in [0, 0.05) is 23.7 Å². The number of hydrogen-bond acceptors (Lipinski definition) is 4. The lowest BCUT2D eigenvalue weighted by Gasteiger charge is -2.23. The van der Waals surface area contributed by atoms with Crippen LogP contribution in [0, 0.1) is 5.82 Å². The van der Waals surface area contributed by atoms with E-state index in [1.165, 1.54) is 17.7 Å². The van der Waals surface area contributed by atoms with Crippen LogP contribution >= 0.6 is 0 Å². The number of aromatic nitrogens is 1. The second-order valence-electron chi connectivity index (χ2n) is 7.04. The van der Waals surface area contributed by atoms with Gasteiger partial charge in [-0.25, -0.2) is 4.39 Å². The molecule has 1 saturated heterocycles. The molecule has 28 heavy (non-hydrogen) atoms. The number of nitrogens with zero attached hydrogens (tertiary/aromatic N) is 1. The number of amides is 1. The van der Waals surface area contributed by atoms with E-state index < -0.39 is 0 Å². The van der Waals surface area contributed by atoms with Crippen molar-refractivity contribution in [1.82, 2.24) is 15.8 Å². The summed E-state index contributed by atoms with van der Waals surface area (Å²) in [5.41, 5.74) is 2.99. The van der Waals surface area contributed by atoms with Gasteiger partial charge in [0.15, 0.2) is 5.76 Å². The maximum Gasteiger partial charge on any atom is 0.251 e. The SMILES string of the molecule is O=C(NCc1cc(-c2cccc(F)c2)no1)c1cccc([C@@H]2CCCNC2)c1. The Morgan fingerprint density at radius 2 is 2.11 bits per heavy atom. The van der Waals surface area contributed by atoms with Crippen LogP contribution in [0.15, 0.2) is 59.1 Å². The summed E-state index contributed by atoms with van der Waals surface area (Å²) >= 11 is 0. The largest absolute Gasteiger partial charge is 0.359 e. The van der Waals surface area contributed by atoms with E-state index in [4.69, 9.17) is 4.52 Å². The number of nitrogens with one attached hydrogen (secondary N) is 2. The van der Waals surface area contributed by atoms with Crippen molar-refractivity contribution in [2.24, 2.45) is 0 Å². The van der Waals surface area contributed by atoms with Crippen molar-refractivity contribution in [3.8, 4) is 11.3 Å². The molecular weight excluding hydrogens is 357 g/mol. The average molecular weight is 379 g/mol. The van der Waals surface area contributed by atoms with Gasteiger partial charge in [-0.2, -0.15) is 0 Å². The van der Waals surface area contributed by atoms with Crippen molar-refractivity contribution in [3.63, 3.8) is 0 Å². The molecule has 1 fully saturated rings. The van der Waals surface area contributed by atoms with Crippen LogP contribution in [0.5, 0.6) is 0 Å². The minimum atomic E-state index is -0.330. The van der Waals surface area contributed by atoms with Crippen LogP contribution in [-0.2, 0) is 6.54 Å². The van der Waals surface area contributed by atoms with Crippen LogP contribution in [0.1, 0.15) is 40.4 Å². The summed E-state index contributed by atoms with van der Waals surface area (Å²) in [4.78, 5) is 12.5. The Morgan fingerprint density at radius 1 is 1.21 bits per heavy atom. The molecule has 5 nitrogen and oxygen atoms in total. The molecule has 3 aromatic rings. The molecule has 144 valence electrons. The molecule has 1 aromatic heterocycles. The summed E-state index contributed by atoms with van der Waals surface area (Å²) in [7, 11) is 0. The number of halogens is 1. The Kier molecular flexibility index (Phi) is 5.48. The zero-order valence-electron chi connectivity index (χ0n) is 15.5. The molecule has 2 N–H and O–H groups in total. The normalized spacial score (nSPS) is 16.7. The zero-order valence-corrected chi connectivity index (χ0v) is 15.5. The van der Waals surface area contributed by atoms with Crippen molar-refractivity contribution in [2.45, 2.75) is 25.3 Å². The number of rotatable bonds is 5. The van der Waals surface area contributed by atoms with E-state index in [1.54, 1.807) is 18.2 Å². The average Bonchev–Trinajstić information content (AvgIpc) is 3.22. The maximum absolute atomic E-state index is 13.3. The van der Waals surface area contributed by atoms with Crippen LogP contribution in [-0.4, -0.2) is 24.2 Å². The van der Waals surface area contributed by atoms with Crippen LogP contribution in [0.3, 0.4) is 0 Å². The monoisotopic (exact) mass is 379 g/mol. The number of carbonyl (C=O) groups excluding carboxylic acids is 1. The first kappa shape index (κ1) is 18.4. The minimum Gasteiger partial charge on any atom is -0.359 e. The Hall–Kier alpha value is -2.99. The first-order valence-electron chi connectivity index (χ1n) is 9.49. The fourth-order valence-corrected chi connectivity index (χ4v) is 3.52. The fraction of sp³-hybridized carbons (Fsp3) is 0.273. The molecule has 4 rings (SSSR count). The van der Waals surface area contributed by atoms with E-state index in [0.29, 0.717) is 28.5 Å². The third-order valence-corrected chi connectivity index (χ3v) is 5.02. The molecule has 0 radical (unpaired) electrons. The van der Waals surface area contributed by atoms with E-state index in [1.807, 2.05) is 18.2 Å². The maximum atomic E-state index is 13.3. The van der Waals surface area contributed by atoms with E-state index in [-0.39, 0.29) is 18.3 Å². The predicted molar refractivity (Wildman–Crippen MR) is 104 cm³/mol. The molecule has 0 aliphatic carbocycles. The molecule has 0 unspecified atom stereocenters. The fourth-order valence-electron chi connectivity index (χ4n) is 3.52. The molecular formula is C22H22FN3O2. The summed E-state index contributed by atoms with van der Waals surface area (Å²) in [5, 5.41) is 10.2. The third kappa shape index (κ3) is 4.28. The second kappa shape index (κ2) is 8.35. The number of carbonyl (C=O) groups is 1. The Morgan fingerprint density at radius 3 is 2.93 bits per heavy atom. The topological polar surface area (TPSA) is 67.2 Å². The van der Waals surface area contributed by atoms with E-state index in [9.17, 15) is 9.18 Å². The number of hydrogen-bond donors (Lipinski definition) is 2. The molecule has 2 aromatic carbocycles. The van der Waals surface area contributed by atoms with Gasteiger partial charge in [-0.15, -0.1) is 0 Å². The van der Waals surface area contributed by atoms with Gasteiger partial charge in [0.1, 0.15) is 11.5 Å². The third-order valence-electron chi connectivity index (χ3n) is 5.02. The molecule has 0 saturated carbocycles. The van der Waals surface area contributed by atoms with E-state index in [2.05, 4.69) is 21.9 Å². The number of benzene rings is 2. The molecule has 1 atom stereocenters. The van der Waals surface area contributed by atoms with Crippen molar-refractivity contribution in [2.75, 3.05) is 13.1 Å². The zero-order chi connectivity index (χ0) is 19.3. The van der Waals surface area contributed by atoms with Crippen molar-refractivity contribution >= 4 is 5.91 Å². The highest BCUT2D eigenvalue weighted by molar-refractivity contribution is 5.94. The lowest BCUT2D eigenvalue weighted by Crippen LogP contribution is -2.28. The molecule has 1 aliphatic rings. The summed E-state index contributed by atoms with van der Waals surface area (Å²) in [5.74, 6) is 0.475. The standard InChI is InChI=1S/C22H22FN3O2/c23-19-8-2-5-16(11-19)21-12-20(28-26-21)14-25-22(27)17-6-1-4-15(10-17)18-7-3-9-24-13-18/h1-2,4-6,8,10-12,18,24H,3,7,9,13-14H2,(H,25,27)/t18-/m1/s1. The van der Waals surface area contributed by atoms with Crippen LogP contribution < -0.4 is 10.6 Å². The highest BCUT2D eigenvalue weighted by Gasteiger charge is 2.17. The summed E-state index contributed by atoms with van der Waals surface area (Å²) in [6, 6.07) is 15.6. The second-order valence-corrected chi connectivity index (χ2v) is 7.04. The van der Waals surface area contributed by atoms with E-state index in [0.717, 1.165) is 25.9 Å². The van der Waals surface area contributed by atoms with Gasteiger partial charge in [-0.3, -0.25) is 4.79 Å². The molecule has 1 aliphatic heterocycles. The van der Waals surface area contributed by atoms with Crippen molar-refractivity contribution < 1.29 is 13.7 Å². The van der Waals surface area contributed by atoms with Crippen LogP contribution in [0.25, 0.3) is 11.3 Å². The van der Waals surface area contributed by atoms with E-state index >= 15 is 0 Å². The van der Waals surface area contributed by atoms with Gasteiger partial charge >= 0.3 is 0 Å². The lowest BCUT2D eigenvalue weighted by atomic mass is 9.90. The first-order chi connectivity index (χ1) is 13.7. The summed E-state index contributed by atoms with van der Waals surface area (Å²) < 4.78 is 18.6. The summed E-state index contributed by atoms with van der Waals surface area (Å²) in [6.45, 7) is 2.23. The highest BCUT2D eigenvalue weighted by atomic mass is 19.1. The van der Waals surface area contributed by atoms with Crippen LogP contribution in [0.4, 0.5) is 4.39 Å². The Balaban J connectivity index is 1.39. The van der Waals surface area contributed by atoms with Gasteiger partial charge in [-0.1, -0.05) is 29.4 Å². The van der Waals surface area contributed by atoms with Crippen molar-refractivity contribution in [3.05, 3.63) is 77.3 Å². The highest BCUT2D eigenvalue weighted by Crippen LogP contribution is 2.24. The molecule has 6 heteroatoms. The lowest BCUT2D eigenvalue weighted by molar-refractivity contribution is 0.0947. The molecule has 1 amide bonds.